The fourth-order valence-corrected chi connectivity index (χ4v) is 5.11. The number of carboxylic acid groups (broad SMARTS) is 1. The highest BCUT2D eigenvalue weighted by Gasteiger charge is 2.31. The molecule has 0 bridgehead atoms. The van der Waals surface area contributed by atoms with Gasteiger partial charge in [0.05, 0.1) is 16.0 Å². The van der Waals surface area contributed by atoms with E-state index in [1.807, 2.05) is 6.92 Å². The van der Waals surface area contributed by atoms with Gasteiger partial charge in [-0.1, -0.05) is 30.3 Å². The van der Waals surface area contributed by atoms with Crippen LogP contribution in [0.25, 0.3) is 21.6 Å². The van der Waals surface area contributed by atoms with Crippen LogP contribution < -0.4 is 4.74 Å². The SMILES string of the molecule is Cc1cc(OCc2sc(-c3ccc(C(F)(F)F)cc3)cc2-c2ccc(C(F)(F)F)cc2)ccc1CCC(=O)O. The van der Waals surface area contributed by atoms with Crippen LogP contribution in [0.4, 0.5) is 26.3 Å². The van der Waals surface area contributed by atoms with E-state index < -0.39 is 29.4 Å². The van der Waals surface area contributed by atoms with Crippen molar-refractivity contribution in [1.29, 1.82) is 0 Å². The first-order valence-corrected chi connectivity index (χ1v) is 12.5. The van der Waals surface area contributed by atoms with Crippen molar-refractivity contribution in [3.05, 3.63) is 99.9 Å². The van der Waals surface area contributed by atoms with Crippen molar-refractivity contribution in [2.45, 2.75) is 38.7 Å². The van der Waals surface area contributed by atoms with Gasteiger partial charge < -0.3 is 9.84 Å². The Balaban J connectivity index is 1.64. The Labute approximate surface area is 224 Å². The smallest absolute Gasteiger partial charge is 0.416 e. The van der Waals surface area contributed by atoms with Crippen molar-refractivity contribution in [1.82, 2.24) is 0 Å². The number of aryl methyl sites for hydroxylation is 2. The molecule has 0 aliphatic heterocycles. The Hall–Kier alpha value is -3.79. The lowest BCUT2D eigenvalue weighted by molar-refractivity contribution is -0.138. The predicted octanol–water partition coefficient (Wildman–Crippen LogP) is 9.02. The fraction of sp³-hybridized carbons (Fsp3) is 0.207. The molecule has 0 aliphatic carbocycles. The summed E-state index contributed by atoms with van der Waals surface area (Å²) in [6.07, 6.45) is -8.58. The van der Waals surface area contributed by atoms with Crippen LogP contribution in [-0.2, 0) is 30.2 Å². The molecule has 0 fully saturated rings. The number of carbonyl (C=O) groups is 1. The van der Waals surface area contributed by atoms with Crippen LogP contribution in [-0.4, -0.2) is 11.1 Å². The highest BCUT2D eigenvalue weighted by atomic mass is 32.1. The minimum absolute atomic E-state index is 0.000541. The molecule has 4 aromatic rings. The number of thiophene rings is 1. The molecule has 0 unspecified atom stereocenters. The van der Waals surface area contributed by atoms with E-state index in [-0.39, 0.29) is 13.0 Å². The van der Waals surface area contributed by atoms with Crippen molar-refractivity contribution < 1.29 is 41.0 Å². The summed E-state index contributed by atoms with van der Waals surface area (Å²) in [6, 6.07) is 16.4. The number of rotatable bonds is 8. The number of carboxylic acids is 1. The normalized spacial score (nSPS) is 12.0. The number of hydrogen-bond acceptors (Lipinski definition) is 3. The highest BCUT2D eigenvalue weighted by Crippen LogP contribution is 2.40. The molecule has 0 saturated carbocycles. The van der Waals surface area contributed by atoms with Crippen molar-refractivity contribution >= 4 is 17.3 Å². The summed E-state index contributed by atoms with van der Waals surface area (Å²) in [5.41, 5.74) is 1.81. The second-order valence-electron chi connectivity index (χ2n) is 8.87. The minimum atomic E-state index is -4.49. The third-order valence-corrected chi connectivity index (χ3v) is 7.28. The topological polar surface area (TPSA) is 46.5 Å². The molecule has 204 valence electrons. The lowest BCUT2D eigenvalue weighted by atomic mass is 10.0. The molecular weight excluding hydrogens is 542 g/mol. The van der Waals surface area contributed by atoms with E-state index in [1.54, 1.807) is 24.3 Å². The van der Waals surface area contributed by atoms with Gasteiger partial charge in [-0.15, -0.1) is 11.3 Å². The maximum absolute atomic E-state index is 13.1. The largest absolute Gasteiger partial charge is 0.488 e. The summed E-state index contributed by atoms with van der Waals surface area (Å²) in [7, 11) is 0. The molecule has 1 heterocycles. The first-order chi connectivity index (χ1) is 18.3. The van der Waals surface area contributed by atoms with E-state index in [0.29, 0.717) is 38.6 Å². The molecule has 10 heteroatoms. The molecule has 0 radical (unpaired) electrons. The van der Waals surface area contributed by atoms with Gasteiger partial charge in [0.15, 0.2) is 0 Å². The Kier molecular flexibility index (Phi) is 8.06. The Morgan fingerprint density at radius 1 is 0.821 bits per heavy atom. The van der Waals surface area contributed by atoms with E-state index in [1.165, 1.54) is 35.6 Å². The summed E-state index contributed by atoms with van der Waals surface area (Å²) in [5, 5.41) is 8.91. The van der Waals surface area contributed by atoms with Crippen LogP contribution in [0.2, 0.25) is 0 Å². The zero-order valence-electron chi connectivity index (χ0n) is 20.5. The molecule has 1 N–H and O–H groups in total. The quantitative estimate of drug-likeness (QED) is 0.217. The van der Waals surface area contributed by atoms with Gasteiger partial charge in [0.1, 0.15) is 12.4 Å². The zero-order valence-corrected chi connectivity index (χ0v) is 21.3. The molecule has 39 heavy (non-hydrogen) atoms. The van der Waals surface area contributed by atoms with Gasteiger partial charge in [0.25, 0.3) is 0 Å². The van der Waals surface area contributed by atoms with E-state index in [4.69, 9.17) is 9.84 Å². The summed E-state index contributed by atoms with van der Waals surface area (Å²) < 4.78 is 84.2. The number of alkyl halides is 6. The molecule has 0 spiro atoms. The Morgan fingerprint density at radius 2 is 1.38 bits per heavy atom. The van der Waals surface area contributed by atoms with E-state index >= 15 is 0 Å². The fourth-order valence-electron chi connectivity index (χ4n) is 4.01. The molecule has 0 atom stereocenters. The van der Waals surface area contributed by atoms with Gasteiger partial charge in [-0.25, -0.2) is 0 Å². The number of hydrogen-bond donors (Lipinski definition) is 1. The number of ether oxygens (including phenoxy) is 1. The van der Waals surface area contributed by atoms with Crippen LogP contribution in [0.5, 0.6) is 5.75 Å². The average Bonchev–Trinajstić information content (AvgIpc) is 3.30. The lowest BCUT2D eigenvalue weighted by Gasteiger charge is -2.11. The molecule has 4 rings (SSSR count). The third-order valence-electron chi connectivity index (χ3n) is 6.12. The molecule has 1 aromatic heterocycles. The molecule has 0 saturated heterocycles. The van der Waals surface area contributed by atoms with Crippen LogP contribution in [0.15, 0.2) is 72.8 Å². The maximum Gasteiger partial charge on any atom is 0.416 e. The minimum Gasteiger partial charge on any atom is -0.488 e. The number of benzene rings is 3. The van der Waals surface area contributed by atoms with E-state index in [2.05, 4.69) is 0 Å². The molecular formula is C29H22F6O3S. The van der Waals surface area contributed by atoms with Gasteiger partial charge in [0, 0.05) is 11.3 Å². The molecule has 0 amide bonds. The summed E-state index contributed by atoms with van der Waals surface area (Å²) in [4.78, 5) is 12.2. The monoisotopic (exact) mass is 564 g/mol. The third kappa shape index (κ3) is 7.00. The highest BCUT2D eigenvalue weighted by molar-refractivity contribution is 7.16. The Bertz CT molecular complexity index is 1450. The summed E-state index contributed by atoms with van der Waals surface area (Å²) in [6.45, 7) is 1.90. The van der Waals surface area contributed by atoms with Crippen molar-refractivity contribution in [2.24, 2.45) is 0 Å². The number of halogens is 6. The average molecular weight is 565 g/mol. The van der Waals surface area contributed by atoms with Crippen molar-refractivity contribution in [3.63, 3.8) is 0 Å². The summed E-state index contributed by atoms with van der Waals surface area (Å²) >= 11 is 1.27. The standard InChI is InChI=1S/C29H22F6O3S/c1-17-14-23(12-6-18(17)7-13-27(36)37)38-16-26-24(19-2-8-21(9-3-19)28(30,31)32)15-25(39-26)20-4-10-22(11-5-20)29(33,34)35/h2-6,8-12,14-15H,7,13,16H2,1H3,(H,36,37). The van der Waals surface area contributed by atoms with E-state index in [0.717, 1.165) is 35.4 Å². The van der Waals surface area contributed by atoms with Gasteiger partial charge in [-0.2, -0.15) is 26.3 Å². The van der Waals surface area contributed by atoms with Gasteiger partial charge in [0.2, 0.25) is 0 Å². The first-order valence-electron chi connectivity index (χ1n) is 11.7. The van der Waals surface area contributed by atoms with Crippen molar-refractivity contribution in [3.8, 4) is 27.3 Å². The Morgan fingerprint density at radius 3 is 1.90 bits per heavy atom. The van der Waals surface area contributed by atoms with E-state index in [9.17, 15) is 31.1 Å². The summed E-state index contributed by atoms with van der Waals surface area (Å²) in [5.74, 6) is -0.374. The van der Waals surface area contributed by atoms with Crippen molar-refractivity contribution in [2.75, 3.05) is 0 Å². The molecule has 3 aromatic carbocycles. The molecule has 0 aliphatic rings. The second kappa shape index (κ2) is 11.1. The number of aliphatic carboxylic acids is 1. The first kappa shape index (κ1) is 28.2. The second-order valence-corrected chi connectivity index (χ2v) is 10.0. The lowest BCUT2D eigenvalue weighted by Crippen LogP contribution is -2.04. The van der Waals surface area contributed by atoms with Gasteiger partial charge in [-0.3, -0.25) is 4.79 Å². The van der Waals surface area contributed by atoms with Gasteiger partial charge in [-0.05, 0) is 83.6 Å². The maximum atomic E-state index is 13.1. The predicted molar refractivity (Wildman–Crippen MR) is 137 cm³/mol. The van der Waals surface area contributed by atoms with Crippen LogP contribution in [0.3, 0.4) is 0 Å². The van der Waals surface area contributed by atoms with Crippen LogP contribution in [0.1, 0.15) is 33.6 Å². The zero-order chi connectivity index (χ0) is 28.4. The van der Waals surface area contributed by atoms with Crippen LogP contribution in [0, 0.1) is 6.92 Å². The molecule has 3 nitrogen and oxygen atoms in total. The van der Waals surface area contributed by atoms with Crippen LogP contribution >= 0.6 is 11.3 Å². The van der Waals surface area contributed by atoms with Gasteiger partial charge >= 0.3 is 18.3 Å².